The summed E-state index contributed by atoms with van der Waals surface area (Å²) in [6.07, 6.45) is 2.90. The first-order chi connectivity index (χ1) is 12.3. The minimum absolute atomic E-state index is 0.139. The summed E-state index contributed by atoms with van der Waals surface area (Å²) in [6, 6.07) is 4.70. The lowest BCUT2D eigenvalue weighted by molar-refractivity contribution is -0.119. The topological polar surface area (TPSA) is 70.5 Å². The van der Waals surface area contributed by atoms with Crippen molar-refractivity contribution in [2.45, 2.75) is 19.9 Å². The Kier molecular flexibility index (Phi) is 4.54. The Bertz CT molecular complexity index is 910. The molecule has 0 spiro atoms. The molecule has 3 rings (SSSR count). The third kappa shape index (κ3) is 2.85. The first-order valence-electron chi connectivity index (χ1n) is 7.98. The number of halogens is 2. The number of aliphatic hydroxyl groups excluding tert-OH is 1. The van der Waals surface area contributed by atoms with E-state index in [-0.39, 0.29) is 11.3 Å². The number of ketones is 1. The number of amides is 1. The van der Waals surface area contributed by atoms with Crippen molar-refractivity contribution in [2.24, 2.45) is 5.92 Å². The predicted molar refractivity (Wildman–Crippen MR) is 90.3 cm³/mol. The van der Waals surface area contributed by atoms with E-state index in [1.165, 1.54) is 12.4 Å². The summed E-state index contributed by atoms with van der Waals surface area (Å²) in [5.41, 5.74) is -0.0418. The molecule has 1 atom stereocenters. The third-order valence-electron chi connectivity index (χ3n) is 4.19. The predicted octanol–water partition coefficient (Wildman–Crippen LogP) is 3.48. The number of Topliss-reactive ketones (excluding diaryl/α,β-unsaturated/α-hetero) is 1. The smallest absolute Gasteiger partial charge is 0.294 e. The summed E-state index contributed by atoms with van der Waals surface area (Å²) in [6.45, 7) is 3.25. The maximum Gasteiger partial charge on any atom is 0.294 e. The quantitative estimate of drug-likeness (QED) is 0.908. The maximum atomic E-state index is 14.3. The van der Waals surface area contributed by atoms with Crippen molar-refractivity contribution in [1.29, 1.82) is 0 Å². The van der Waals surface area contributed by atoms with E-state index >= 15 is 0 Å². The second kappa shape index (κ2) is 6.67. The van der Waals surface area contributed by atoms with Crippen LogP contribution in [0.25, 0.3) is 0 Å². The van der Waals surface area contributed by atoms with Crippen LogP contribution in [0.3, 0.4) is 0 Å². The van der Waals surface area contributed by atoms with E-state index in [1.54, 1.807) is 26.0 Å². The van der Waals surface area contributed by atoms with E-state index in [9.17, 15) is 23.5 Å². The number of hydrogen-bond acceptors (Lipinski definition) is 4. The third-order valence-corrected chi connectivity index (χ3v) is 4.19. The lowest BCUT2D eigenvalue weighted by Crippen LogP contribution is -2.32. The van der Waals surface area contributed by atoms with Gasteiger partial charge in [-0.2, -0.15) is 0 Å². The Hall–Kier alpha value is -3.09. The van der Waals surface area contributed by atoms with Crippen molar-refractivity contribution in [3.8, 4) is 0 Å². The highest BCUT2D eigenvalue weighted by Gasteiger charge is 2.45. The zero-order valence-electron chi connectivity index (χ0n) is 14.1. The van der Waals surface area contributed by atoms with Crippen LogP contribution in [-0.4, -0.2) is 21.8 Å². The molecular formula is C19H16F2N2O3. The highest BCUT2D eigenvalue weighted by Crippen LogP contribution is 2.42. The van der Waals surface area contributed by atoms with Crippen LogP contribution >= 0.6 is 0 Å². The van der Waals surface area contributed by atoms with Crippen LogP contribution in [0.1, 0.15) is 25.5 Å². The fourth-order valence-corrected chi connectivity index (χ4v) is 2.95. The molecule has 1 aliphatic heterocycles. The monoisotopic (exact) mass is 358 g/mol. The Morgan fingerprint density at radius 3 is 2.46 bits per heavy atom. The fourth-order valence-electron chi connectivity index (χ4n) is 2.95. The lowest BCUT2D eigenvalue weighted by atomic mass is 9.91. The van der Waals surface area contributed by atoms with Crippen LogP contribution in [0, 0.1) is 17.6 Å². The zero-order chi connectivity index (χ0) is 19.0. The molecule has 26 heavy (non-hydrogen) atoms. The van der Waals surface area contributed by atoms with Gasteiger partial charge in [-0.15, -0.1) is 0 Å². The molecule has 0 bridgehead atoms. The van der Waals surface area contributed by atoms with Gasteiger partial charge in [0.2, 0.25) is 0 Å². The summed E-state index contributed by atoms with van der Waals surface area (Å²) in [4.78, 5) is 30.1. The summed E-state index contributed by atoms with van der Waals surface area (Å²) in [5.74, 6) is -4.25. The van der Waals surface area contributed by atoms with Crippen molar-refractivity contribution >= 4 is 17.4 Å². The van der Waals surface area contributed by atoms with Crippen LogP contribution in [-0.2, 0) is 9.59 Å². The number of nitrogens with zero attached hydrogens (tertiary/aromatic N) is 2. The lowest BCUT2D eigenvalue weighted by Gasteiger charge is -2.27. The van der Waals surface area contributed by atoms with Crippen molar-refractivity contribution in [3.05, 3.63) is 71.3 Å². The Balaban J connectivity index is 2.23. The summed E-state index contributed by atoms with van der Waals surface area (Å²) in [7, 11) is 0. The van der Waals surface area contributed by atoms with E-state index in [0.717, 1.165) is 23.1 Å². The second-order valence-electron chi connectivity index (χ2n) is 6.24. The second-order valence-corrected chi connectivity index (χ2v) is 6.24. The van der Waals surface area contributed by atoms with Gasteiger partial charge in [0.05, 0.1) is 17.3 Å². The van der Waals surface area contributed by atoms with Crippen LogP contribution in [0.5, 0.6) is 0 Å². The summed E-state index contributed by atoms with van der Waals surface area (Å²) < 4.78 is 28.0. The normalized spacial score (nSPS) is 17.3. The molecule has 5 nitrogen and oxygen atoms in total. The number of anilines is 1. The highest BCUT2D eigenvalue weighted by atomic mass is 19.1. The van der Waals surface area contributed by atoms with Crippen molar-refractivity contribution in [3.63, 3.8) is 0 Å². The molecule has 1 aromatic carbocycles. The van der Waals surface area contributed by atoms with E-state index < -0.39 is 41.0 Å². The fraction of sp³-hybridized carbons (Fsp3) is 0.211. The average Bonchev–Trinajstić information content (AvgIpc) is 2.88. The number of aromatic nitrogens is 1. The van der Waals surface area contributed by atoms with Crippen molar-refractivity contribution in [2.75, 3.05) is 4.90 Å². The minimum atomic E-state index is -1.07. The van der Waals surface area contributed by atoms with Gasteiger partial charge >= 0.3 is 0 Å². The van der Waals surface area contributed by atoms with Gasteiger partial charge in [-0.05, 0) is 29.8 Å². The molecule has 1 aromatic heterocycles. The van der Waals surface area contributed by atoms with E-state index in [2.05, 4.69) is 4.98 Å². The van der Waals surface area contributed by atoms with Crippen LogP contribution < -0.4 is 4.90 Å². The SMILES string of the molecule is CC(C)C(=O)C1=C(O)C(=O)N(c2cc(F)ccc2F)C1c1ccncc1. The number of benzene rings is 1. The number of aliphatic hydroxyl groups is 1. The van der Waals surface area contributed by atoms with Gasteiger partial charge in [-0.25, -0.2) is 8.78 Å². The number of hydrogen-bond donors (Lipinski definition) is 1. The Morgan fingerprint density at radius 2 is 1.85 bits per heavy atom. The number of carbonyl (C=O) groups excluding carboxylic acids is 2. The molecule has 1 aliphatic rings. The minimum Gasteiger partial charge on any atom is -0.503 e. The average molecular weight is 358 g/mol. The van der Waals surface area contributed by atoms with Gasteiger partial charge < -0.3 is 5.11 Å². The molecule has 2 heterocycles. The largest absolute Gasteiger partial charge is 0.503 e. The standard InChI is InChI=1S/C19H16F2N2O3/c1-10(2)17(24)15-16(11-5-7-22-8-6-11)23(19(26)18(15)25)14-9-12(20)3-4-13(14)21/h3-10,16,25H,1-2H3. The molecule has 0 saturated carbocycles. The van der Waals surface area contributed by atoms with Gasteiger partial charge in [0.25, 0.3) is 5.91 Å². The van der Waals surface area contributed by atoms with Gasteiger partial charge in [0, 0.05) is 24.4 Å². The first kappa shape index (κ1) is 17.7. The van der Waals surface area contributed by atoms with E-state index in [1.807, 2.05) is 0 Å². The summed E-state index contributed by atoms with van der Waals surface area (Å²) in [5, 5.41) is 10.3. The number of rotatable bonds is 4. The highest BCUT2D eigenvalue weighted by molar-refractivity contribution is 6.16. The molecule has 0 fully saturated rings. The molecule has 7 heteroatoms. The van der Waals surface area contributed by atoms with Gasteiger partial charge in [0.1, 0.15) is 11.6 Å². The molecule has 1 N–H and O–H groups in total. The zero-order valence-corrected chi connectivity index (χ0v) is 14.1. The van der Waals surface area contributed by atoms with Crippen molar-refractivity contribution in [1.82, 2.24) is 4.98 Å². The molecule has 0 aliphatic carbocycles. The number of carbonyl (C=O) groups is 2. The first-order valence-corrected chi connectivity index (χ1v) is 7.98. The van der Waals surface area contributed by atoms with E-state index in [4.69, 9.17) is 0 Å². The molecule has 0 saturated heterocycles. The van der Waals surface area contributed by atoms with Gasteiger partial charge in [-0.3, -0.25) is 19.5 Å². The maximum absolute atomic E-state index is 14.3. The van der Waals surface area contributed by atoms with Crippen LogP contribution in [0.4, 0.5) is 14.5 Å². The van der Waals surface area contributed by atoms with Crippen molar-refractivity contribution < 1.29 is 23.5 Å². The van der Waals surface area contributed by atoms with Crippen LogP contribution in [0.2, 0.25) is 0 Å². The molecular weight excluding hydrogens is 342 g/mol. The Morgan fingerprint density at radius 1 is 1.19 bits per heavy atom. The van der Waals surface area contributed by atoms with Crippen LogP contribution in [0.15, 0.2) is 54.1 Å². The molecule has 2 aromatic rings. The van der Waals surface area contributed by atoms with Gasteiger partial charge in [-0.1, -0.05) is 13.8 Å². The van der Waals surface area contributed by atoms with Gasteiger partial charge in [0.15, 0.2) is 11.5 Å². The molecule has 0 radical (unpaired) electrons. The van der Waals surface area contributed by atoms with E-state index in [0.29, 0.717) is 5.56 Å². The number of pyridine rings is 1. The molecule has 1 amide bonds. The summed E-state index contributed by atoms with van der Waals surface area (Å²) >= 11 is 0. The molecule has 134 valence electrons. The Labute approximate surface area is 148 Å². The molecule has 1 unspecified atom stereocenters.